The Balaban J connectivity index is 1.84. The van der Waals surface area contributed by atoms with E-state index in [0.717, 1.165) is 15.1 Å². The van der Waals surface area contributed by atoms with Crippen LogP contribution in [0.4, 0.5) is 5.69 Å². The van der Waals surface area contributed by atoms with Gasteiger partial charge in [-0.3, -0.25) is 9.78 Å². The Morgan fingerprint density at radius 2 is 1.83 bits per heavy atom. The third kappa shape index (κ3) is 4.16. The van der Waals surface area contributed by atoms with E-state index in [0.29, 0.717) is 5.75 Å². The third-order valence-electron chi connectivity index (χ3n) is 2.15. The highest BCUT2D eigenvalue weighted by Crippen LogP contribution is 2.17. The number of halogens is 1. The predicted molar refractivity (Wildman–Crippen MR) is 77.7 cm³/mol. The van der Waals surface area contributed by atoms with Gasteiger partial charge in [-0.15, -0.1) is 11.8 Å². The molecule has 92 valence electrons. The molecule has 0 unspecified atom stereocenters. The van der Waals surface area contributed by atoms with Crippen molar-refractivity contribution < 1.29 is 4.79 Å². The van der Waals surface area contributed by atoms with E-state index in [9.17, 15) is 4.79 Å². The van der Waals surface area contributed by atoms with E-state index < -0.39 is 0 Å². The fraction of sp³-hybridized carbons (Fsp3) is 0.0769. The summed E-state index contributed by atoms with van der Waals surface area (Å²) < 4.78 is 0.992. The molecule has 3 nitrogen and oxygen atoms in total. The molecule has 0 aliphatic carbocycles. The number of carbonyl (C=O) groups is 1. The van der Waals surface area contributed by atoms with Crippen LogP contribution in [0.15, 0.2) is 58.2 Å². The molecule has 0 spiro atoms. The molecule has 2 aromatic rings. The number of benzene rings is 1. The van der Waals surface area contributed by atoms with Gasteiger partial charge in [0.25, 0.3) is 0 Å². The van der Waals surface area contributed by atoms with Crippen molar-refractivity contribution in [3.63, 3.8) is 0 Å². The van der Waals surface area contributed by atoms with Gasteiger partial charge in [0.1, 0.15) is 0 Å². The normalized spacial score (nSPS) is 10.1. The summed E-state index contributed by atoms with van der Waals surface area (Å²) in [5.74, 6) is 0.374. The van der Waals surface area contributed by atoms with Crippen molar-refractivity contribution in [3.8, 4) is 0 Å². The van der Waals surface area contributed by atoms with E-state index in [1.165, 1.54) is 11.8 Å². The third-order valence-corrected chi connectivity index (χ3v) is 3.69. The molecule has 1 aromatic heterocycles. The molecular weight excluding hydrogens is 312 g/mol. The highest BCUT2D eigenvalue weighted by Gasteiger charge is 2.03. The van der Waals surface area contributed by atoms with Gasteiger partial charge in [0.05, 0.1) is 5.75 Å². The molecule has 1 aromatic carbocycles. The first-order valence-electron chi connectivity index (χ1n) is 5.32. The fourth-order valence-corrected chi connectivity index (χ4v) is 2.26. The SMILES string of the molecule is O=C(CSc1ccncc1)Nc1ccc(Br)cc1. The lowest BCUT2D eigenvalue weighted by Crippen LogP contribution is -2.13. The van der Waals surface area contributed by atoms with Crippen LogP contribution in [0.25, 0.3) is 0 Å². The fourth-order valence-electron chi connectivity index (χ4n) is 1.31. The first kappa shape index (κ1) is 13.1. The maximum Gasteiger partial charge on any atom is 0.234 e. The minimum absolute atomic E-state index is 0.0147. The molecule has 0 aliphatic heterocycles. The summed E-state index contributed by atoms with van der Waals surface area (Å²) in [5.41, 5.74) is 0.804. The largest absolute Gasteiger partial charge is 0.325 e. The summed E-state index contributed by atoms with van der Waals surface area (Å²) in [4.78, 5) is 16.7. The highest BCUT2D eigenvalue weighted by atomic mass is 79.9. The molecule has 5 heteroatoms. The minimum atomic E-state index is -0.0147. The van der Waals surface area contributed by atoms with Crippen LogP contribution in [0.3, 0.4) is 0 Å². The summed E-state index contributed by atoms with van der Waals surface area (Å²) in [6.45, 7) is 0. The molecule has 2 rings (SSSR count). The van der Waals surface area contributed by atoms with E-state index in [4.69, 9.17) is 0 Å². The number of anilines is 1. The minimum Gasteiger partial charge on any atom is -0.325 e. The smallest absolute Gasteiger partial charge is 0.234 e. The molecule has 0 fully saturated rings. The van der Waals surface area contributed by atoms with Crippen LogP contribution in [0.2, 0.25) is 0 Å². The zero-order valence-electron chi connectivity index (χ0n) is 9.47. The number of aromatic nitrogens is 1. The maximum absolute atomic E-state index is 11.7. The molecule has 18 heavy (non-hydrogen) atoms. The van der Waals surface area contributed by atoms with E-state index in [-0.39, 0.29) is 5.91 Å². The molecule has 0 atom stereocenters. The monoisotopic (exact) mass is 322 g/mol. The van der Waals surface area contributed by atoms with Gasteiger partial charge in [-0.1, -0.05) is 15.9 Å². The summed E-state index contributed by atoms with van der Waals surface area (Å²) in [5, 5.41) is 2.84. The number of nitrogens with zero attached hydrogens (tertiary/aromatic N) is 1. The zero-order chi connectivity index (χ0) is 12.8. The zero-order valence-corrected chi connectivity index (χ0v) is 11.9. The van der Waals surface area contributed by atoms with E-state index in [2.05, 4.69) is 26.2 Å². The van der Waals surface area contributed by atoms with Crippen LogP contribution in [-0.4, -0.2) is 16.6 Å². The molecule has 0 radical (unpaired) electrons. The van der Waals surface area contributed by atoms with Crippen molar-refractivity contribution >= 4 is 39.3 Å². The number of hydrogen-bond donors (Lipinski definition) is 1. The second-order valence-electron chi connectivity index (χ2n) is 3.53. The van der Waals surface area contributed by atoms with Gasteiger partial charge >= 0.3 is 0 Å². The lowest BCUT2D eigenvalue weighted by Gasteiger charge is -2.05. The second kappa shape index (κ2) is 6.56. The van der Waals surface area contributed by atoms with Gasteiger partial charge in [0.2, 0.25) is 5.91 Å². The average molecular weight is 323 g/mol. The Morgan fingerprint density at radius 1 is 1.17 bits per heavy atom. The Hall–Kier alpha value is -1.33. The predicted octanol–water partition coefficient (Wildman–Crippen LogP) is 3.57. The topological polar surface area (TPSA) is 42.0 Å². The highest BCUT2D eigenvalue weighted by molar-refractivity contribution is 9.10. The molecule has 1 N–H and O–H groups in total. The number of rotatable bonds is 4. The second-order valence-corrected chi connectivity index (χ2v) is 5.49. The molecule has 0 saturated heterocycles. The van der Waals surface area contributed by atoms with Crippen LogP contribution < -0.4 is 5.32 Å². The van der Waals surface area contributed by atoms with Crippen molar-refractivity contribution in [2.45, 2.75) is 4.90 Å². The Kier molecular flexibility index (Phi) is 4.78. The number of nitrogens with one attached hydrogen (secondary N) is 1. The molecule has 0 saturated carbocycles. The van der Waals surface area contributed by atoms with Crippen LogP contribution in [0.5, 0.6) is 0 Å². The van der Waals surface area contributed by atoms with Crippen LogP contribution in [-0.2, 0) is 4.79 Å². The Morgan fingerprint density at radius 3 is 2.50 bits per heavy atom. The van der Waals surface area contributed by atoms with Gasteiger partial charge in [-0.2, -0.15) is 0 Å². The summed E-state index contributed by atoms with van der Waals surface area (Å²) in [6.07, 6.45) is 3.43. The van der Waals surface area contributed by atoms with E-state index in [1.54, 1.807) is 12.4 Å². The molecule has 0 aliphatic rings. The lowest BCUT2D eigenvalue weighted by atomic mass is 10.3. The van der Waals surface area contributed by atoms with Crippen molar-refractivity contribution in [3.05, 3.63) is 53.3 Å². The molecule has 1 amide bonds. The van der Waals surface area contributed by atoms with Gasteiger partial charge < -0.3 is 5.32 Å². The lowest BCUT2D eigenvalue weighted by molar-refractivity contribution is -0.113. The molecule has 0 bridgehead atoms. The molecule has 1 heterocycles. The van der Waals surface area contributed by atoms with E-state index in [1.807, 2.05) is 36.4 Å². The van der Waals surface area contributed by atoms with E-state index >= 15 is 0 Å². The van der Waals surface area contributed by atoms with Gasteiger partial charge in [-0.05, 0) is 36.4 Å². The average Bonchev–Trinajstić information content (AvgIpc) is 2.40. The number of thioether (sulfide) groups is 1. The number of carbonyl (C=O) groups excluding carboxylic acids is 1. The van der Waals surface area contributed by atoms with Crippen LogP contribution in [0, 0.1) is 0 Å². The maximum atomic E-state index is 11.7. The van der Waals surface area contributed by atoms with Crippen molar-refractivity contribution in [1.29, 1.82) is 0 Å². The van der Waals surface area contributed by atoms with Crippen LogP contribution in [0.1, 0.15) is 0 Å². The van der Waals surface area contributed by atoms with Crippen molar-refractivity contribution in [2.24, 2.45) is 0 Å². The summed E-state index contributed by atoms with van der Waals surface area (Å²) in [6, 6.07) is 11.3. The van der Waals surface area contributed by atoms with Gasteiger partial charge in [0, 0.05) is 27.4 Å². The number of pyridine rings is 1. The van der Waals surface area contributed by atoms with Gasteiger partial charge in [0.15, 0.2) is 0 Å². The molecular formula is C13H11BrN2OS. The van der Waals surface area contributed by atoms with Crippen molar-refractivity contribution in [2.75, 3.05) is 11.1 Å². The number of amides is 1. The Labute approximate surface area is 118 Å². The summed E-state index contributed by atoms with van der Waals surface area (Å²) in [7, 11) is 0. The van der Waals surface area contributed by atoms with Crippen molar-refractivity contribution in [1.82, 2.24) is 4.98 Å². The standard InChI is InChI=1S/C13H11BrN2OS/c14-10-1-3-11(4-2-10)16-13(17)9-18-12-5-7-15-8-6-12/h1-8H,9H2,(H,16,17). The van der Waals surface area contributed by atoms with Crippen LogP contribution >= 0.6 is 27.7 Å². The summed E-state index contributed by atoms with van der Waals surface area (Å²) >= 11 is 4.84. The Bertz CT molecular complexity index is 516. The first-order valence-corrected chi connectivity index (χ1v) is 7.10. The number of hydrogen-bond acceptors (Lipinski definition) is 3. The first-order chi connectivity index (χ1) is 8.74. The quantitative estimate of drug-likeness (QED) is 0.875. The van der Waals surface area contributed by atoms with Gasteiger partial charge in [-0.25, -0.2) is 0 Å².